The van der Waals surface area contributed by atoms with E-state index in [1.807, 2.05) is 43.3 Å². The molecule has 3 aromatic rings. The van der Waals surface area contributed by atoms with Crippen LogP contribution in [0.1, 0.15) is 22.8 Å². The average Bonchev–Trinajstić information content (AvgIpc) is 3.02. The van der Waals surface area contributed by atoms with Crippen LogP contribution in [0.15, 0.2) is 64.8 Å². The molecule has 0 aliphatic heterocycles. The van der Waals surface area contributed by atoms with Crippen LogP contribution in [-0.4, -0.2) is 12.9 Å². The zero-order valence-corrected chi connectivity index (χ0v) is 12.5. The first-order valence-corrected chi connectivity index (χ1v) is 7.03. The van der Waals surface area contributed by atoms with E-state index in [4.69, 9.17) is 9.15 Å². The predicted octanol–water partition coefficient (Wildman–Crippen LogP) is 4.73. The molecule has 0 saturated carbocycles. The van der Waals surface area contributed by atoms with Crippen molar-refractivity contribution in [2.75, 3.05) is 7.11 Å². The van der Waals surface area contributed by atoms with E-state index in [0.717, 1.165) is 10.9 Å². The second kappa shape index (κ2) is 5.90. The zero-order valence-electron chi connectivity index (χ0n) is 12.5. The van der Waals surface area contributed by atoms with Crippen molar-refractivity contribution in [1.82, 2.24) is 0 Å². The number of carbonyl (C=O) groups excluding carboxylic acids is 1. The maximum Gasteiger partial charge on any atom is 0.192 e. The van der Waals surface area contributed by atoms with Gasteiger partial charge in [0.05, 0.1) is 24.3 Å². The molecular formula is C19H16O3. The maximum absolute atomic E-state index is 12.7. The Morgan fingerprint density at radius 3 is 2.59 bits per heavy atom. The molecule has 2 aromatic carbocycles. The predicted molar refractivity (Wildman–Crippen MR) is 87.2 cm³/mol. The number of ketones is 1. The number of carbonyl (C=O) groups is 1. The first-order chi connectivity index (χ1) is 10.7. The summed E-state index contributed by atoms with van der Waals surface area (Å²) < 4.78 is 10.8. The summed E-state index contributed by atoms with van der Waals surface area (Å²) in [6.07, 6.45) is 3.47. The average molecular weight is 292 g/mol. The van der Waals surface area contributed by atoms with Crippen LogP contribution >= 0.6 is 0 Å². The van der Waals surface area contributed by atoms with E-state index >= 15 is 0 Å². The number of Topliss-reactive ketones (excluding diaryl/α,β-unsaturated/α-hetero) is 1. The molecule has 0 unspecified atom stereocenters. The van der Waals surface area contributed by atoms with Crippen molar-refractivity contribution in [3.8, 4) is 5.75 Å². The van der Waals surface area contributed by atoms with Crippen molar-refractivity contribution in [2.45, 2.75) is 6.92 Å². The van der Waals surface area contributed by atoms with Crippen LogP contribution in [0.3, 0.4) is 0 Å². The zero-order chi connectivity index (χ0) is 15.5. The van der Waals surface area contributed by atoms with Crippen LogP contribution in [0.4, 0.5) is 0 Å². The van der Waals surface area contributed by atoms with Crippen molar-refractivity contribution < 1.29 is 13.9 Å². The number of benzene rings is 2. The number of hydrogen-bond donors (Lipinski definition) is 0. The van der Waals surface area contributed by atoms with E-state index in [-0.39, 0.29) is 5.78 Å². The first-order valence-electron chi connectivity index (χ1n) is 7.03. The molecule has 1 aromatic heterocycles. The number of fused-ring (bicyclic) bond motifs is 1. The number of rotatable bonds is 4. The summed E-state index contributed by atoms with van der Waals surface area (Å²) in [5.74, 6) is 0.501. The second-order valence-corrected chi connectivity index (χ2v) is 5.05. The largest absolute Gasteiger partial charge is 0.495 e. The molecular weight excluding hydrogens is 276 g/mol. The van der Waals surface area contributed by atoms with E-state index < -0.39 is 0 Å². The minimum atomic E-state index is -0.0520. The molecule has 3 heteroatoms. The Morgan fingerprint density at radius 1 is 1.09 bits per heavy atom. The summed E-state index contributed by atoms with van der Waals surface area (Å²) in [6, 6.07) is 15.1. The van der Waals surface area contributed by atoms with Crippen LogP contribution in [0.5, 0.6) is 5.75 Å². The lowest BCUT2D eigenvalue weighted by molar-refractivity contribution is 0.103. The van der Waals surface area contributed by atoms with Crippen LogP contribution in [0, 0.1) is 0 Å². The number of furan rings is 1. The third-order valence-electron chi connectivity index (χ3n) is 3.58. The van der Waals surface area contributed by atoms with Gasteiger partial charge in [-0.3, -0.25) is 4.79 Å². The number of allylic oxidation sites excluding steroid dienone is 1. The Hall–Kier alpha value is -2.81. The third kappa shape index (κ3) is 2.53. The summed E-state index contributed by atoms with van der Waals surface area (Å²) in [4.78, 5) is 12.7. The molecule has 0 amide bonds. The molecule has 0 fully saturated rings. The Bertz CT molecular complexity index is 842. The molecule has 0 saturated heterocycles. The fourth-order valence-corrected chi connectivity index (χ4v) is 2.49. The van der Waals surface area contributed by atoms with Gasteiger partial charge in [-0.05, 0) is 42.3 Å². The molecule has 0 bridgehead atoms. The van der Waals surface area contributed by atoms with Crippen molar-refractivity contribution in [1.29, 1.82) is 0 Å². The van der Waals surface area contributed by atoms with E-state index in [2.05, 4.69) is 0 Å². The summed E-state index contributed by atoms with van der Waals surface area (Å²) in [6.45, 7) is 1.81. The van der Waals surface area contributed by atoms with E-state index in [9.17, 15) is 4.79 Å². The molecule has 1 heterocycles. The quantitative estimate of drug-likeness (QED) is 0.515. The van der Waals surface area contributed by atoms with E-state index in [0.29, 0.717) is 22.5 Å². The van der Waals surface area contributed by atoms with Crippen LogP contribution in [-0.2, 0) is 0 Å². The van der Waals surface area contributed by atoms with Gasteiger partial charge in [0, 0.05) is 0 Å². The van der Waals surface area contributed by atoms with Gasteiger partial charge in [0.25, 0.3) is 0 Å². The van der Waals surface area contributed by atoms with Crippen LogP contribution < -0.4 is 4.74 Å². The Labute approximate surface area is 128 Å². The fraction of sp³-hybridized carbons (Fsp3) is 0.105. The highest BCUT2D eigenvalue weighted by Gasteiger charge is 2.17. The smallest absolute Gasteiger partial charge is 0.192 e. The molecule has 0 atom stereocenters. The molecule has 0 radical (unpaired) electrons. The van der Waals surface area contributed by atoms with Gasteiger partial charge >= 0.3 is 0 Å². The van der Waals surface area contributed by atoms with Crippen molar-refractivity contribution >= 4 is 22.8 Å². The highest BCUT2D eigenvalue weighted by atomic mass is 16.5. The highest BCUT2D eigenvalue weighted by molar-refractivity contribution is 6.14. The van der Waals surface area contributed by atoms with Gasteiger partial charge in [-0.15, -0.1) is 0 Å². The van der Waals surface area contributed by atoms with Gasteiger partial charge in [-0.25, -0.2) is 0 Å². The molecule has 22 heavy (non-hydrogen) atoms. The molecule has 0 spiro atoms. The minimum absolute atomic E-state index is 0.0520. The monoisotopic (exact) mass is 292 g/mol. The molecule has 0 aliphatic rings. The Balaban J connectivity index is 2.03. The van der Waals surface area contributed by atoms with Crippen molar-refractivity contribution in [3.63, 3.8) is 0 Å². The number of methoxy groups -OCH3 is 1. The van der Waals surface area contributed by atoms with Crippen LogP contribution in [0.2, 0.25) is 0 Å². The normalized spacial score (nSPS) is 11.6. The fourth-order valence-electron chi connectivity index (χ4n) is 2.49. The lowest BCUT2D eigenvalue weighted by Crippen LogP contribution is -2.03. The second-order valence-electron chi connectivity index (χ2n) is 5.05. The van der Waals surface area contributed by atoms with E-state index in [1.54, 1.807) is 31.6 Å². The summed E-state index contributed by atoms with van der Waals surface area (Å²) in [5.41, 5.74) is 2.91. The molecule has 3 rings (SSSR count). The molecule has 0 N–H and O–H groups in total. The lowest BCUT2D eigenvalue weighted by Gasteiger charge is -2.09. The number of ether oxygens (including phenoxy) is 1. The summed E-state index contributed by atoms with van der Waals surface area (Å²) in [7, 11) is 1.56. The highest BCUT2D eigenvalue weighted by Crippen LogP contribution is 2.32. The molecule has 3 nitrogen and oxygen atoms in total. The first kappa shape index (κ1) is 14.1. The Kier molecular flexibility index (Phi) is 3.79. The van der Waals surface area contributed by atoms with Gasteiger partial charge in [-0.2, -0.15) is 0 Å². The molecule has 0 aliphatic carbocycles. The van der Waals surface area contributed by atoms with Gasteiger partial charge in [0.2, 0.25) is 0 Å². The van der Waals surface area contributed by atoms with Gasteiger partial charge in [0.15, 0.2) is 5.78 Å². The molecule has 110 valence electrons. The van der Waals surface area contributed by atoms with Gasteiger partial charge in [-0.1, -0.05) is 30.3 Å². The Morgan fingerprint density at radius 2 is 1.86 bits per heavy atom. The van der Waals surface area contributed by atoms with Crippen molar-refractivity contribution in [2.24, 2.45) is 0 Å². The van der Waals surface area contributed by atoms with Crippen molar-refractivity contribution in [3.05, 3.63) is 71.5 Å². The topological polar surface area (TPSA) is 39.4 Å². The summed E-state index contributed by atoms with van der Waals surface area (Å²) in [5, 5.41) is 0.806. The van der Waals surface area contributed by atoms with Crippen LogP contribution in [0.25, 0.3) is 17.0 Å². The minimum Gasteiger partial charge on any atom is -0.495 e. The van der Waals surface area contributed by atoms with Gasteiger partial charge in [0.1, 0.15) is 11.3 Å². The van der Waals surface area contributed by atoms with Gasteiger partial charge < -0.3 is 9.15 Å². The maximum atomic E-state index is 12.7. The standard InChI is InChI=1S/C19H16O3/c1-13(12-14-6-4-3-5-7-14)18(20)16-8-9-17-15(10-11-22-17)19(16)21-2/h3-12H,1-2H3/b13-12+. The lowest BCUT2D eigenvalue weighted by atomic mass is 10.00. The SMILES string of the molecule is COc1c(C(=O)/C(C)=C/c2ccccc2)ccc2occc12. The number of hydrogen-bond acceptors (Lipinski definition) is 3. The third-order valence-corrected chi connectivity index (χ3v) is 3.58. The van der Waals surface area contributed by atoms with E-state index in [1.165, 1.54) is 0 Å². The summed E-state index contributed by atoms with van der Waals surface area (Å²) >= 11 is 0.